The molecule has 1 aliphatic carbocycles. The summed E-state index contributed by atoms with van der Waals surface area (Å²) in [5.41, 5.74) is 0.0357. The largest absolute Gasteiger partial charge is 0.395 e. The van der Waals surface area contributed by atoms with Crippen molar-refractivity contribution in [3.8, 4) is 0 Å². The zero-order valence-corrected chi connectivity index (χ0v) is 8.74. The van der Waals surface area contributed by atoms with Crippen molar-refractivity contribution in [2.75, 3.05) is 18.1 Å². The molecular formula is C10H13N3O3. The Balaban J connectivity index is 2.22. The molecule has 0 unspecified atom stereocenters. The second-order valence-corrected chi connectivity index (χ2v) is 3.78. The van der Waals surface area contributed by atoms with E-state index >= 15 is 0 Å². The second-order valence-electron chi connectivity index (χ2n) is 3.78. The second kappa shape index (κ2) is 4.44. The van der Waals surface area contributed by atoms with Gasteiger partial charge in [-0.3, -0.25) is 10.1 Å². The Bertz CT molecular complexity index is 393. The Morgan fingerprint density at radius 2 is 2.38 bits per heavy atom. The van der Waals surface area contributed by atoms with E-state index in [1.807, 2.05) is 4.90 Å². The van der Waals surface area contributed by atoms with Crippen molar-refractivity contribution < 1.29 is 10.0 Å². The van der Waals surface area contributed by atoms with Crippen molar-refractivity contribution in [3.05, 3.63) is 28.4 Å². The number of aliphatic hydroxyl groups is 1. The van der Waals surface area contributed by atoms with Crippen LogP contribution < -0.4 is 4.90 Å². The minimum atomic E-state index is -0.435. The lowest BCUT2D eigenvalue weighted by molar-refractivity contribution is -0.384. The highest BCUT2D eigenvalue weighted by atomic mass is 16.6. The molecule has 16 heavy (non-hydrogen) atoms. The molecule has 0 aliphatic heterocycles. The van der Waals surface area contributed by atoms with Crippen LogP contribution in [-0.4, -0.2) is 34.2 Å². The smallest absolute Gasteiger partial charge is 0.274 e. The summed E-state index contributed by atoms with van der Waals surface area (Å²) in [6, 6.07) is 3.20. The quantitative estimate of drug-likeness (QED) is 0.593. The van der Waals surface area contributed by atoms with Crippen molar-refractivity contribution in [1.29, 1.82) is 0 Å². The van der Waals surface area contributed by atoms with Gasteiger partial charge < -0.3 is 10.0 Å². The zero-order valence-electron chi connectivity index (χ0n) is 8.74. The maximum Gasteiger partial charge on any atom is 0.274 e. The van der Waals surface area contributed by atoms with Crippen molar-refractivity contribution in [2.24, 2.45) is 0 Å². The van der Waals surface area contributed by atoms with Crippen molar-refractivity contribution in [3.63, 3.8) is 0 Å². The van der Waals surface area contributed by atoms with Gasteiger partial charge in [-0.1, -0.05) is 0 Å². The predicted molar refractivity (Wildman–Crippen MR) is 58.3 cm³/mol. The molecule has 0 spiro atoms. The molecule has 0 bridgehead atoms. The zero-order chi connectivity index (χ0) is 11.5. The van der Waals surface area contributed by atoms with Crippen molar-refractivity contribution in [1.82, 2.24) is 4.98 Å². The van der Waals surface area contributed by atoms with Gasteiger partial charge >= 0.3 is 0 Å². The molecule has 1 saturated carbocycles. The van der Waals surface area contributed by atoms with Crippen LogP contribution in [0.5, 0.6) is 0 Å². The molecule has 86 valence electrons. The molecule has 1 aromatic heterocycles. The molecule has 0 aromatic carbocycles. The van der Waals surface area contributed by atoms with Gasteiger partial charge in [-0.05, 0) is 12.8 Å². The Kier molecular flexibility index (Phi) is 3.00. The lowest BCUT2D eigenvalue weighted by atomic mass is 10.3. The van der Waals surface area contributed by atoms with Crippen LogP contribution in [0, 0.1) is 10.1 Å². The third kappa shape index (κ3) is 2.27. The van der Waals surface area contributed by atoms with E-state index in [1.165, 1.54) is 18.3 Å². The van der Waals surface area contributed by atoms with Crippen LogP contribution in [0.4, 0.5) is 11.5 Å². The molecule has 1 fully saturated rings. The van der Waals surface area contributed by atoms with E-state index in [2.05, 4.69) is 4.98 Å². The average molecular weight is 223 g/mol. The van der Waals surface area contributed by atoms with E-state index in [4.69, 9.17) is 5.11 Å². The van der Waals surface area contributed by atoms with Crippen LogP contribution in [-0.2, 0) is 0 Å². The Morgan fingerprint density at radius 3 is 2.94 bits per heavy atom. The van der Waals surface area contributed by atoms with Crippen LogP contribution >= 0.6 is 0 Å². The number of aromatic nitrogens is 1. The summed E-state index contributed by atoms with van der Waals surface area (Å²) >= 11 is 0. The third-order valence-corrected chi connectivity index (χ3v) is 2.56. The molecule has 0 saturated heterocycles. The summed E-state index contributed by atoms with van der Waals surface area (Å²) in [6.45, 7) is 0.500. The van der Waals surface area contributed by atoms with Gasteiger partial charge in [0.15, 0.2) is 0 Å². The Hall–Kier alpha value is -1.69. The van der Waals surface area contributed by atoms with E-state index in [0.29, 0.717) is 18.4 Å². The number of aliphatic hydroxyl groups excluding tert-OH is 1. The highest BCUT2D eigenvalue weighted by Crippen LogP contribution is 2.31. The van der Waals surface area contributed by atoms with E-state index in [0.717, 1.165) is 12.8 Å². The maximum atomic E-state index is 10.6. The molecule has 2 rings (SSSR count). The molecule has 1 aliphatic rings. The van der Waals surface area contributed by atoms with E-state index in [-0.39, 0.29) is 12.3 Å². The highest BCUT2D eigenvalue weighted by molar-refractivity contribution is 5.48. The van der Waals surface area contributed by atoms with Gasteiger partial charge in [-0.25, -0.2) is 4.98 Å². The minimum absolute atomic E-state index is 0.0286. The van der Waals surface area contributed by atoms with Crippen LogP contribution in [0.15, 0.2) is 18.3 Å². The third-order valence-electron chi connectivity index (χ3n) is 2.56. The first-order valence-corrected chi connectivity index (χ1v) is 5.20. The summed E-state index contributed by atoms with van der Waals surface area (Å²) in [4.78, 5) is 16.2. The van der Waals surface area contributed by atoms with Crippen LogP contribution in [0.25, 0.3) is 0 Å². The van der Waals surface area contributed by atoms with Crippen LogP contribution in [0.2, 0.25) is 0 Å². The topological polar surface area (TPSA) is 79.5 Å². The van der Waals surface area contributed by atoms with Crippen LogP contribution in [0.3, 0.4) is 0 Å². The van der Waals surface area contributed by atoms with Gasteiger partial charge in [0.2, 0.25) is 0 Å². The average Bonchev–Trinajstić information content (AvgIpc) is 3.10. The summed E-state index contributed by atoms with van der Waals surface area (Å²) in [7, 11) is 0. The van der Waals surface area contributed by atoms with Crippen molar-refractivity contribution in [2.45, 2.75) is 18.9 Å². The van der Waals surface area contributed by atoms with Gasteiger partial charge in [0.05, 0.1) is 17.6 Å². The SMILES string of the molecule is O=[N+]([O-])c1ccnc(N(CCO)C2CC2)c1. The number of pyridine rings is 1. The van der Waals surface area contributed by atoms with Crippen molar-refractivity contribution >= 4 is 11.5 Å². The van der Waals surface area contributed by atoms with Gasteiger partial charge in [0.25, 0.3) is 5.69 Å². The summed E-state index contributed by atoms with van der Waals surface area (Å²) < 4.78 is 0. The lowest BCUT2D eigenvalue weighted by Crippen LogP contribution is -2.29. The van der Waals surface area contributed by atoms with E-state index < -0.39 is 4.92 Å². The summed E-state index contributed by atoms with van der Waals surface area (Å²) in [6.07, 6.45) is 3.55. The number of hydrogen-bond acceptors (Lipinski definition) is 5. The standard InChI is InChI=1S/C10H13N3O3/c14-6-5-12(8-1-2-8)10-7-9(13(15)16)3-4-11-10/h3-4,7-8,14H,1-2,5-6H2. The molecule has 1 N–H and O–H groups in total. The fourth-order valence-electron chi connectivity index (χ4n) is 1.66. The molecule has 1 aromatic rings. The first kappa shape index (κ1) is 10.8. The van der Waals surface area contributed by atoms with E-state index in [9.17, 15) is 10.1 Å². The van der Waals surface area contributed by atoms with Crippen LogP contribution in [0.1, 0.15) is 12.8 Å². The molecule has 1 heterocycles. The number of rotatable bonds is 5. The normalized spacial score (nSPS) is 14.8. The predicted octanol–water partition coefficient (Wildman–Crippen LogP) is 0.951. The van der Waals surface area contributed by atoms with Gasteiger partial charge in [0, 0.05) is 24.8 Å². The molecule has 6 nitrogen and oxygen atoms in total. The van der Waals surface area contributed by atoms with Gasteiger partial charge in [-0.15, -0.1) is 0 Å². The molecule has 0 radical (unpaired) electrons. The van der Waals surface area contributed by atoms with Gasteiger partial charge in [-0.2, -0.15) is 0 Å². The fourth-order valence-corrected chi connectivity index (χ4v) is 1.66. The Labute approximate surface area is 92.7 Å². The Morgan fingerprint density at radius 1 is 1.62 bits per heavy atom. The molecular weight excluding hydrogens is 210 g/mol. The molecule has 0 atom stereocenters. The highest BCUT2D eigenvalue weighted by Gasteiger charge is 2.30. The first-order chi connectivity index (χ1) is 7.72. The monoisotopic (exact) mass is 223 g/mol. The number of nitro groups is 1. The maximum absolute atomic E-state index is 10.6. The number of nitrogens with zero attached hydrogens (tertiary/aromatic N) is 3. The molecule has 0 amide bonds. The minimum Gasteiger partial charge on any atom is -0.395 e. The number of hydrogen-bond donors (Lipinski definition) is 1. The number of anilines is 1. The summed E-state index contributed by atoms with van der Waals surface area (Å²) in [5, 5.41) is 19.6. The lowest BCUT2D eigenvalue weighted by Gasteiger charge is -2.21. The first-order valence-electron chi connectivity index (χ1n) is 5.20. The molecule has 6 heteroatoms. The fraction of sp³-hybridized carbons (Fsp3) is 0.500. The van der Waals surface area contributed by atoms with E-state index in [1.54, 1.807) is 0 Å². The summed E-state index contributed by atoms with van der Waals surface area (Å²) in [5.74, 6) is 0.575. The van der Waals surface area contributed by atoms with Gasteiger partial charge in [0.1, 0.15) is 5.82 Å².